The van der Waals surface area contributed by atoms with Gasteiger partial charge in [0.2, 0.25) is 0 Å². The molecule has 0 saturated carbocycles. The summed E-state index contributed by atoms with van der Waals surface area (Å²) in [5.41, 5.74) is 5.71. The van der Waals surface area contributed by atoms with E-state index in [0.717, 1.165) is 41.0 Å². The van der Waals surface area contributed by atoms with Gasteiger partial charge in [-0.15, -0.1) is 0 Å². The summed E-state index contributed by atoms with van der Waals surface area (Å²) >= 11 is 0. The van der Waals surface area contributed by atoms with Crippen LogP contribution in [0.15, 0.2) is 95.4 Å². The first-order valence-corrected chi connectivity index (χ1v) is 11.1. The zero-order valence-electron chi connectivity index (χ0n) is 18.3. The molecule has 0 bridgehead atoms. The van der Waals surface area contributed by atoms with Gasteiger partial charge in [-0.3, -0.25) is 4.79 Å². The van der Waals surface area contributed by atoms with Gasteiger partial charge in [0.25, 0.3) is 0 Å². The van der Waals surface area contributed by atoms with Crippen molar-refractivity contribution in [3.63, 3.8) is 0 Å². The van der Waals surface area contributed by atoms with Gasteiger partial charge in [0, 0.05) is 29.1 Å². The van der Waals surface area contributed by atoms with E-state index in [1.54, 1.807) is 12.2 Å². The highest BCUT2D eigenvalue weighted by Crippen LogP contribution is 2.35. The Morgan fingerprint density at radius 3 is 2.47 bits per heavy atom. The summed E-state index contributed by atoms with van der Waals surface area (Å²) in [7, 11) is 0. The van der Waals surface area contributed by atoms with Gasteiger partial charge < -0.3 is 10.0 Å². The second kappa shape index (κ2) is 8.01. The fraction of sp³-hybridized carbons (Fsp3) is 0.138. The molecule has 5 rings (SSSR count). The number of rotatable bonds is 4. The molecule has 3 aromatic carbocycles. The number of allylic oxidation sites excluding steroid dienone is 4. The Hall–Kier alpha value is -3.85. The number of hydrogen-bond donors (Lipinski definition) is 0. The summed E-state index contributed by atoms with van der Waals surface area (Å²) in [5, 5.41) is 15.3. The van der Waals surface area contributed by atoms with E-state index in [-0.39, 0.29) is 22.7 Å². The minimum Gasteiger partial charge on any atom is -0.871 e. The molecule has 158 valence electrons. The Labute approximate surface area is 188 Å². The molecule has 0 amide bonds. The molecule has 32 heavy (non-hydrogen) atoms. The number of Topliss-reactive ketones (excluding diaryl/α,β-unsaturated/α-hetero) is 1. The zero-order valence-corrected chi connectivity index (χ0v) is 18.3. The minimum absolute atomic E-state index is 0.180. The average Bonchev–Trinajstić information content (AvgIpc) is 2.84. The molecule has 1 aliphatic carbocycles. The van der Waals surface area contributed by atoms with Gasteiger partial charge in [0.05, 0.1) is 0 Å². The van der Waals surface area contributed by atoms with Crippen LogP contribution in [-0.2, 0) is 11.2 Å². The number of aryl methyl sites for hydroxylation is 1. The minimum atomic E-state index is -0.180. The van der Waals surface area contributed by atoms with E-state index in [9.17, 15) is 9.90 Å². The van der Waals surface area contributed by atoms with E-state index in [1.165, 1.54) is 10.8 Å². The molecule has 3 nitrogen and oxygen atoms in total. The lowest BCUT2D eigenvalue weighted by molar-refractivity contribution is -0.300. The van der Waals surface area contributed by atoms with Gasteiger partial charge in [-0.1, -0.05) is 73.4 Å². The second-order valence-electron chi connectivity index (χ2n) is 8.04. The summed E-state index contributed by atoms with van der Waals surface area (Å²) in [5.74, 6) is -0.359. The highest BCUT2D eigenvalue weighted by molar-refractivity contribution is 6.23. The second-order valence-corrected chi connectivity index (χ2v) is 8.04. The Morgan fingerprint density at radius 2 is 1.69 bits per heavy atom. The van der Waals surface area contributed by atoms with Crippen LogP contribution in [0.2, 0.25) is 0 Å². The summed E-state index contributed by atoms with van der Waals surface area (Å²) in [6, 6.07) is 20.4. The maximum absolute atomic E-state index is 12.9. The lowest BCUT2D eigenvalue weighted by Crippen LogP contribution is -2.31. The molecule has 3 heteroatoms. The number of ketones is 1. The van der Waals surface area contributed by atoms with Gasteiger partial charge in [-0.05, 0) is 65.1 Å². The molecule has 0 radical (unpaired) electrons. The molecule has 0 saturated heterocycles. The van der Waals surface area contributed by atoms with E-state index in [4.69, 9.17) is 0 Å². The number of carbonyl (C=O) groups is 1. The number of benzene rings is 3. The van der Waals surface area contributed by atoms with Crippen molar-refractivity contribution in [1.82, 2.24) is 0 Å². The van der Waals surface area contributed by atoms with Crippen LogP contribution < -0.4 is 10.0 Å². The van der Waals surface area contributed by atoms with Crippen LogP contribution in [0.25, 0.3) is 22.9 Å². The van der Waals surface area contributed by atoms with Gasteiger partial charge in [-0.25, -0.2) is 0 Å². The number of carbonyl (C=O) groups excluding carboxylic acids is 1. The van der Waals surface area contributed by atoms with E-state index in [1.807, 2.05) is 48.6 Å². The lowest BCUT2D eigenvalue weighted by atomic mass is 9.84. The third-order valence-electron chi connectivity index (χ3n) is 6.29. The van der Waals surface area contributed by atoms with E-state index in [0.29, 0.717) is 0 Å². The summed E-state index contributed by atoms with van der Waals surface area (Å²) < 4.78 is 0. The van der Waals surface area contributed by atoms with Crippen molar-refractivity contribution >= 4 is 34.4 Å². The molecule has 3 aromatic rings. The number of fused-ring (bicyclic) bond motifs is 2. The van der Waals surface area contributed by atoms with Crippen LogP contribution in [0.3, 0.4) is 0 Å². The van der Waals surface area contributed by atoms with E-state index >= 15 is 0 Å². The maximum Gasteiger partial charge on any atom is 0.191 e. The number of hydrogen-bond acceptors (Lipinski definition) is 3. The monoisotopic (exact) mass is 418 g/mol. The Kier molecular flexibility index (Phi) is 5.02. The topological polar surface area (TPSA) is 43.4 Å². The molecule has 0 unspecified atom stereocenters. The molecule has 1 aliphatic heterocycles. The van der Waals surface area contributed by atoms with Crippen molar-refractivity contribution in [2.45, 2.75) is 20.3 Å². The third-order valence-corrected chi connectivity index (χ3v) is 6.29. The standard InChI is InChI=1S/C29H25NO2/c1-3-23-21(14-13-19-9-5-7-11-24(19)23)17-25-28(31)26(29(25)32)18-22-16-15-20-10-6-8-12-27(20)30(22)4-2/h5-18,31H,3-4H2,1-2H3/p-1. The third kappa shape index (κ3) is 3.18. The molecule has 2 aliphatic rings. The molecule has 0 fully saturated rings. The van der Waals surface area contributed by atoms with Crippen molar-refractivity contribution in [2.75, 3.05) is 11.4 Å². The van der Waals surface area contributed by atoms with Crippen LogP contribution in [0.1, 0.15) is 30.5 Å². The fourth-order valence-corrected chi connectivity index (χ4v) is 4.64. The predicted molar refractivity (Wildman–Crippen MR) is 130 cm³/mol. The first-order chi connectivity index (χ1) is 15.6. The summed E-state index contributed by atoms with van der Waals surface area (Å²) in [4.78, 5) is 15.1. The summed E-state index contributed by atoms with van der Waals surface area (Å²) in [6.45, 7) is 4.92. The molecule has 0 N–H and O–H groups in total. The maximum atomic E-state index is 12.9. The first kappa shape index (κ1) is 20.1. The quantitative estimate of drug-likeness (QED) is 0.532. The number of nitrogens with zero attached hydrogens (tertiary/aromatic N) is 1. The van der Waals surface area contributed by atoms with E-state index in [2.05, 4.69) is 43.0 Å². The van der Waals surface area contributed by atoms with Crippen molar-refractivity contribution in [3.05, 3.63) is 112 Å². The Morgan fingerprint density at radius 1 is 0.906 bits per heavy atom. The van der Waals surface area contributed by atoms with Crippen LogP contribution in [-0.4, -0.2) is 12.3 Å². The Balaban J connectivity index is 1.53. The highest BCUT2D eigenvalue weighted by atomic mass is 16.3. The molecule has 0 atom stereocenters. The Bertz CT molecular complexity index is 1370. The SMILES string of the molecule is CCc1c(C=C2C(=O)C(C=C3C=Cc4ccccc4N3CC)=C2[O-])ccc2ccccc12. The molecular formula is C29H24NO2-. The van der Waals surface area contributed by atoms with E-state index < -0.39 is 0 Å². The number of anilines is 1. The lowest BCUT2D eigenvalue weighted by Gasteiger charge is -2.33. The van der Waals surface area contributed by atoms with Crippen LogP contribution in [0.4, 0.5) is 5.69 Å². The highest BCUT2D eigenvalue weighted by Gasteiger charge is 2.27. The number of para-hydroxylation sites is 1. The first-order valence-electron chi connectivity index (χ1n) is 11.1. The molecule has 1 heterocycles. The normalized spacial score (nSPS) is 17.9. The fourth-order valence-electron chi connectivity index (χ4n) is 4.64. The molecular weight excluding hydrogens is 394 g/mol. The van der Waals surface area contributed by atoms with Gasteiger partial charge in [0.1, 0.15) is 0 Å². The van der Waals surface area contributed by atoms with Crippen molar-refractivity contribution in [2.24, 2.45) is 0 Å². The smallest absolute Gasteiger partial charge is 0.191 e. The van der Waals surface area contributed by atoms with Crippen LogP contribution in [0.5, 0.6) is 0 Å². The zero-order chi connectivity index (χ0) is 22.2. The van der Waals surface area contributed by atoms with Gasteiger partial charge >= 0.3 is 0 Å². The van der Waals surface area contributed by atoms with Crippen LogP contribution >= 0.6 is 0 Å². The number of likely N-dealkylation sites (N-methyl/N-ethyl adjacent to an activating group) is 1. The molecule has 0 aromatic heterocycles. The van der Waals surface area contributed by atoms with Gasteiger partial charge in [0.15, 0.2) is 5.78 Å². The van der Waals surface area contributed by atoms with Crippen molar-refractivity contribution in [1.29, 1.82) is 0 Å². The van der Waals surface area contributed by atoms with Crippen LogP contribution in [0, 0.1) is 0 Å². The molecule has 0 spiro atoms. The largest absolute Gasteiger partial charge is 0.871 e. The van der Waals surface area contributed by atoms with Gasteiger partial charge in [-0.2, -0.15) is 0 Å². The predicted octanol–water partition coefficient (Wildman–Crippen LogP) is 5.42. The summed E-state index contributed by atoms with van der Waals surface area (Å²) in [6.07, 6.45) is 8.33. The van der Waals surface area contributed by atoms with Crippen molar-refractivity contribution < 1.29 is 9.90 Å². The average molecular weight is 419 g/mol. The van der Waals surface area contributed by atoms with Crippen molar-refractivity contribution in [3.8, 4) is 0 Å².